The second-order valence-corrected chi connectivity index (χ2v) is 7.12. The van der Waals surface area contributed by atoms with E-state index in [1.54, 1.807) is 12.1 Å². The van der Waals surface area contributed by atoms with E-state index >= 15 is 0 Å². The molecular formula is C15H16O2S. The van der Waals surface area contributed by atoms with Gasteiger partial charge in [0.05, 0.1) is 9.80 Å². The van der Waals surface area contributed by atoms with E-state index in [0.29, 0.717) is 15.7 Å². The number of aryl methyl sites for hydroxylation is 1. The summed E-state index contributed by atoms with van der Waals surface area (Å²) in [5.74, 6) is 0.437. The number of benzene rings is 1. The van der Waals surface area contributed by atoms with Crippen LogP contribution < -0.4 is 0 Å². The van der Waals surface area contributed by atoms with Gasteiger partial charge in [0, 0.05) is 5.92 Å². The van der Waals surface area contributed by atoms with Gasteiger partial charge in [-0.3, -0.25) is 0 Å². The van der Waals surface area contributed by atoms with Gasteiger partial charge in [-0.2, -0.15) is 0 Å². The highest BCUT2D eigenvalue weighted by Crippen LogP contribution is 2.47. The summed E-state index contributed by atoms with van der Waals surface area (Å²) in [4.78, 5) is 1.06. The van der Waals surface area contributed by atoms with Gasteiger partial charge in [0.2, 0.25) is 9.84 Å². The van der Waals surface area contributed by atoms with Crippen molar-refractivity contribution >= 4 is 9.84 Å². The lowest BCUT2D eigenvalue weighted by atomic mass is 10.1. The quantitative estimate of drug-likeness (QED) is 0.765. The van der Waals surface area contributed by atoms with E-state index in [9.17, 15) is 8.42 Å². The third-order valence-electron chi connectivity index (χ3n) is 3.99. The molecule has 3 heteroatoms. The number of hydrogen-bond donors (Lipinski definition) is 0. The van der Waals surface area contributed by atoms with Crippen molar-refractivity contribution in [2.24, 2.45) is 11.8 Å². The van der Waals surface area contributed by atoms with Crippen LogP contribution in [0.25, 0.3) is 0 Å². The molecule has 0 fully saturated rings. The molecule has 2 bridgehead atoms. The van der Waals surface area contributed by atoms with Gasteiger partial charge >= 0.3 is 0 Å². The van der Waals surface area contributed by atoms with E-state index in [1.165, 1.54) is 0 Å². The number of allylic oxidation sites excluding steroid dienone is 4. The van der Waals surface area contributed by atoms with E-state index in [0.717, 1.165) is 17.6 Å². The van der Waals surface area contributed by atoms with Crippen molar-refractivity contribution in [1.82, 2.24) is 0 Å². The van der Waals surface area contributed by atoms with Crippen LogP contribution in [0.3, 0.4) is 0 Å². The molecule has 2 aliphatic carbocycles. The standard InChI is InChI=1S/C15H16O2S/c1-10-3-7-14(8-4-10)18(16,17)15-11(2)12-5-6-13(15)9-12/h3-8,12-13H,9H2,1-2H3. The molecular weight excluding hydrogens is 244 g/mol. The maximum absolute atomic E-state index is 12.7. The Balaban J connectivity index is 2.09. The molecule has 0 N–H and O–H groups in total. The Morgan fingerprint density at radius 2 is 1.61 bits per heavy atom. The average Bonchev–Trinajstić information content (AvgIpc) is 2.89. The molecule has 1 aromatic rings. The van der Waals surface area contributed by atoms with Crippen molar-refractivity contribution in [3.8, 4) is 0 Å². The molecule has 0 radical (unpaired) electrons. The van der Waals surface area contributed by atoms with Crippen molar-refractivity contribution < 1.29 is 8.42 Å². The molecule has 0 spiro atoms. The van der Waals surface area contributed by atoms with E-state index in [1.807, 2.05) is 32.1 Å². The van der Waals surface area contributed by atoms with E-state index in [2.05, 4.69) is 6.08 Å². The number of hydrogen-bond acceptors (Lipinski definition) is 2. The van der Waals surface area contributed by atoms with Crippen LogP contribution in [0.2, 0.25) is 0 Å². The summed E-state index contributed by atoms with van der Waals surface area (Å²) < 4.78 is 25.3. The molecule has 2 unspecified atom stereocenters. The number of rotatable bonds is 2. The first-order valence-corrected chi connectivity index (χ1v) is 7.69. The Bertz CT molecular complexity index is 648. The van der Waals surface area contributed by atoms with Crippen LogP contribution in [0.15, 0.2) is 51.8 Å². The fourth-order valence-electron chi connectivity index (χ4n) is 2.95. The Kier molecular flexibility index (Phi) is 2.49. The molecule has 18 heavy (non-hydrogen) atoms. The molecule has 0 aliphatic heterocycles. The van der Waals surface area contributed by atoms with Crippen LogP contribution in [0.5, 0.6) is 0 Å². The van der Waals surface area contributed by atoms with Gasteiger partial charge in [-0.25, -0.2) is 8.42 Å². The normalized spacial score (nSPS) is 26.1. The summed E-state index contributed by atoms with van der Waals surface area (Å²) >= 11 is 0. The van der Waals surface area contributed by atoms with Gasteiger partial charge < -0.3 is 0 Å². The van der Waals surface area contributed by atoms with Crippen molar-refractivity contribution in [2.75, 3.05) is 0 Å². The Labute approximate surface area is 108 Å². The molecule has 1 aromatic carbocycles. The minimum absolute atomic E-state index is 0.0984. The molecule has 0 saturated carbocycles. The van der Waals surface area contributed by atoms with Crippen molar-refractivity contribution in [3.05, 3.63) is 52.5 Å². The fourth-order valence-corrected chi connectivity index (χ4v) is 4.84. The monoisotopic (exact) mass is 260 g/mol. The zero-order chi connectivity index (χ0) is 12.9. The van der Waals surface area contributed by atoms with Gasteiger partial charge in [0.1, 0.15) is 0 Å². The summed E-state index contributed by atoms with van der Waals surface area (Å²) in [5, 5.41) is 0. The molecule has 2 atom stereocenters. The van der Waals surface area contributed by atoms with Crippen LogP contribution in [-0.4, -0.2) is 8.42 Å². The third kappa shape index (κ3) is 1.57. The molecule has 0 aromatic heterocycles. The minimum Gasteiger partial charge on any atom is -0.219 e. The summed E-state index contributed by atoms with van der Waals surface area (Å²) in [6.45, 7) is 3.91. The predicted octanol–water partition coefficient (Wildman–Crippen LogP) is 3.25. The van der Waals surface area contributed by atoms with Gasteiger partial charge in [-0.1, -0.05) is 35.4 Å². The van der Waals surface area contributed by atoms with Crippen LogP contribution in [0.1, 0.15) is 18.9 Å². The maximum Gasteiger partial charge on any atom is 0.203 e. The molecule has 2 aliphatic rings. The van der Waals surface area contributed by atoms with Gasteiger partial charge in [0.25, 0.3) is 0 Å². The maximum atomic E-state index is 12.7. The first-order chi connectivity index (χ1) is 8.50. The van der Waals surface area contributed by atoms with Crippen LogP contribution >= 0.6 is 0 Å². The lowest BCUT2D eigenvalue weighted by Crippen LogP contribution is -2.11. The molecule has 0 amide bonds. The minimum atomic E-state index is -3.31. The molecule has 0 saturated heterocycles. The van der Waals surface area contributed by atoms with E-state index < -0.39 is 9.84 Å². The second-order valence-electron chi connectivity index (χ2n) is 5.20. The Morgan fingerprint density at radius 1 is 1.00 bits per heavy atom. The number of sulfone groups is 1. The first kappa shape index (κ1) is 11.7. The largest absolute Gasteiger partial charge is 0.219 e. The van der Waals surface area contributed by atoms with Crippen LogP contribution in [0.4, 0.5) is 0 Å². The highest BCUT2D eigenvalue weighted by molar-refractivity contribution is 7.95. The lowest BCUT2D eigenvalue weighted by molar-refractivity contribution is 0.596. The summed E-state index contributed by atoms with van der Waals surface area (Å²) in [6, 6.07) is 7.12. The molecule has 3 rings (SSSR count). The number of fused-ring (bicyclic) bond motifs is 2. The van der Waals surface area contributed by atoms with Gasteiger partial charge in [-0.15, -0.1) is 0 Å². The summed E-state index contributed by atoms with van der Waals surface area (Å²) in [5.41, 5.74) is 2.11. The predicted molar refractivity (Wildman–Crippen MR) is 71.8 cm³/mol. The smallest absolute Gasteiger partial charge is 0.203 e. The summed E-state index contributed by atoms with van der Waals surface area (Å²) in [6.07, 6.45) is 5.11. The van der Waals surface area contributed by atoms with Crippen LogP contribution in [-0.2, 0) is 9.84 Å². The van der Waals surface area contributed by atoms with Gasteiger partial charge in [0.15, 0.2) is 0 Å². The second kappa shape index (κ2) is 3.82. The van der Waals surface area contributed by atoms with Crippen molar-refractivity contribution in [1.29, 1.82) is 0 Å². The summed E-state index contributed by atoms with van der Waals surface area (Å²) in [7, 11) is -3.31. The van der Waals surface area contributed by atoms with Gasteiger partial charge in [-0.05, 0) is 38.3 Å². The Morgan fingerprint density at radius 3 is 2.17 bits per heavy atom. The molecule has 2 nitrogen and oxygen atoms in total. The first-order valence-electron chi connectivity index (χ1n) is 6.21. The van der Waals surface area contributed by atoms with Crippen molar-refractivity contribution in [2.45, 2.75) is 25.2 Å². The van der Waals surface area contributed by atoms with E-state index in [4.69, 9.17) is 0 Å². The zero-order valence-electron chi connectivity index (χ0n) is 10.6. The molecule has 94 valence electrons. The Hall–Kier alpha value is -1.35. The highest BCUT2D eigenvalue weighted by Gasteiger charge is 2.39. The fraction of sp³-hybridized carbons (Fsp3) is 0.333. The third-order valence-corrected chi connectivity index (χ3v) is 6.08. The zero-order valence-corrected chi connectivity index (χ0v) is 11.4. The highest BCUT2D eigenvalue weighted by atomic mass is 32.2. The molecule has 0 heterocycles. The van der Waals surface area contributed by atoms with Crippen LogP contribution in [0, 0.1) is 18.8 Å². The van der Waals surface area contributed by atoms with E-state index in [-0.39, 0.29) is 5.92 Å². The topological polar surface area (TPSA) is 34.1 Å². The lowest BCUT2D eigenvalue weighted by Gasteiger charge is -2.14. The average molecular weight is 260 g/mol. The van der Waals surface area contributed by atoms with Crippen molar-refractivity contribution in [3.63, 3.8) is 0 Å². The SMILES string of the molecule is CC1=C(S(=O)(=O)c2ccc(C)cc2)C2C=CC1C2.